The van der Waals surface area contributed by atoms with E-state index in [1.807, 2.05) is 52.8 Å². The average molecular weight is 379 g/mol. The first-order valence-electron chi connectivity index (χ1n) is 7.80. The normalized spacial score (nSPS) is 11.2. The molecule has 2 aromatic rings. The number of nitrogens with one attached hydrogen (secondary N) is 2. The number of amides is 2. The van der Waals surface area contributed by atoms with Crippen molar-refractivity contribution in [2.24, 2.45) is 5.41 Å². The molecule has 25 heavy (non-hydrogen) atoms. The summed E-state index contributed by atoms with van der Waals surface area (Å²) in [5, 5.41) is 14.1. The fourth-order valence-corrected chi connectivity index (χ4v) is 3.46. The molecule has 2 amide bonds. The zero-order valence-corrected chi connectivity index (χ0v) is 16.6. The van der Waals surface area contributed by atoms with Gasteiger partial charge in [0.05, 0.1) is 5.75 Å². The Morgan fingerprint density at radius 1 is 1.12 bits per heavy atom. The molecule has 0 unspecified atom stereocenters. The highest BCUT2D eigenvalue weighted by atomic mass is 32.2. The van der Waals surface area contributed by atoms with E-state index in [2.05, 4.69) is 20.8 Å². The zero-order chi connectivity index (χ0) is 18.6. The molecule has 0 fully saturated rings. The van der Waals surface area contributed by atoms with Crippen molar-refractivity contribution in [3.63, 3.8) is 0 Å². The molecule has 0 saturated carbocycles. The Hall–Kier alpha value is -1.93. The highest BCUT2D eigenvalue weighted by molar-refractivity contribution is 8.01. The molecular formula is C17H22N4O2S2. The van der Waals surface area contributed by atoms with Gasteiger partial charge in [-0.2, -0.15) is 0 Å². The second-order valence-electron chi connectivity index (χ2n) is 6.68. The molecule has 1 aromatic heterocycles. The van der Waals surface area contributed by atoms with E-state index >= 15 is 0 Å². The molecule has 0 bridgehead atoms. The Labute approximate surface area is 155 Å². The SMILES string of the molecule is Cc1cccc(C)c1NC(=O)CSc1nnc(NC(=O)C(C)(C)C)s1. The quantitative estimate of drug-likeness (QED) is 0.609. The van der Waals surface area contributed by atoms with Crippen LogP contribution in [-0.2, 0) is 9.59 Å². The maximum Gasteiger partial charge on any atom is 0.234 e. The van der Waals surface area contributed by atoms with Crippen molar-refractivity contribution in [3.8, 4) is 0 Å². The van der Waals surface area contributed by atoms with Gasteiger partial charge in [0.15, 0.2) is 4.34 Å². The Morgan fingerprint density at radius 3 is 2.36 bits per heavy atom. The number of carbonyl (C=O) groups is 2. The van der Waals surface area contributed by atoms with Crippen LogP contribution in [0.4, 0.5) is 10.8 Å². The van der Waals surface area contributed by atoms with E-state index in [4.69, 9.17) is 0 Å². The number of aromatic nitrogens is 2. The summed E-state index contributed by atoms with van der Waals surface area (Å²) in [5.41, 5.74) is 2.41. The van der Waals surface area contributed by atoms with Gasteiger partial charge >= 0.3 is 0 Å². The monoisotopic (exact) mass is 378 g/mol. The molecule has 1 aromatic carbocycles. The summed E-state index contributed by atoms with van der Waals surface area (Å²) >= 11 is 2.56. The summed E-state index contributed by atoms with van der Waals surface area (Å²) in [5.74, 6) is 0.0150. The Kier molecular flexibility index (Phi) is 6.18. The van der Waals surface area contributed by atoms with Crippen molar-refractivity contribution in [1.82, 2.24) is 10.2 Å². The summed E-state index contributed by atoms with van der Waals surface area (Å²) in [6.45, 7) is 9.42. The number of nitrogens with zero attached hydrogens (tertiary/aromatic N) is 2. The third-order valence-corrected chi connectivity index (χ3v) is 5.35. The van der Waals surface area contributed by atoms with Crippen LogP contribution in [0.25, 0.3) is 0 Å². The minimum Gasteiger partial charge on any atom is -0.325 e. The fourth-order valence-electron chi connectivity index (χ4n) is 1.92. The van der Waals surface area contributed by atoms with Gasteiger partial charge in [-0.15, -0.1) is 10.2 Å². The van der Waals surface area contributed by atoms with Gasteiger partial charge in [0.25, 0.3) is 0 Å². The van der Waals surface area contributed by atoms with E-state index < -0.39 is 5.41 Å². The van der Waals surface area contributed by atoms with E-state index in [9.17, 15) is 9.59 Å². The van der Waals surface area contributed by atoms with Gasteiger partial charge in [-0.05, 0) is 25.0 Å². The number of hydrogen-bond acceptors (Lipinski definition) is 6. The van der Waals surface area contributed by atoms with E-state index in [-0.39, 0.29) is 17.6 Å². The van der Waals surface area contributed by atoms with Crippen LogP contribution in [0.3, 0.4) is 0 Å². The van der Waals surface area contributed by atoms with Crippen molar-refractivity contribution in [3.05, 3.63) is 29.3 Å². The lowest BCUT2D eigenvalue weighted by molar-refractivity contribution is -0.123. The summed E-state index contributed by atoms with van der Waals surface area (Å²) in [6.07, 6.45) is 0. The molecule has 2 N–H and O–H groups in total. The number of benzene rings is 1. The molecule has 0 atom stereocenters. The zero-order valence-electron chi connectivity index (χ0n) is 15.0. The van der Waals surface area contributed by atoms with Crippen LogP contribution < -0.4 is 10.6 Å². The number of rotatable bonds is 5. The molecule has 6 nitrogen and oxygen atoms in total. The summed E-state index contributed by atoms with van der Waals surface area (Å²) in [6, 6.07) is 5.89. The smallest absolute Gasteiger partial charge is 0.234 e. The molecule has 134 valence electrons. The first-order chi connectivity index (χ1) is 11.7. The first-order valence-corrected chi connectivity index (χ1v) is 9.61. The number of anilines is 2. The van der Waals surface area contributed by atoms with Gasteiger partial charge < -0.3 is 10.6 Å². The van der Waals surface area contributed by atoms with E-state index in [0.717, 1.165) is 16.8 Å². The molecule has 0 aliphatic rings. The molecule has 0 saturated heterocycles. The van der Waals surface area contributed by atoms with Crippen LogP contribution in [0.1, 0.15) is 31.9 Å². The number of hydrogen-bond donors (Lipinski definition) is 2. The van der Waals surface area contributed by atoms with Gasteiger partial charge in [0, 0.05) is 11.1 Å². The van der Waals surface area contributed by atoms with Crippen molar-refractivity contribution in [2.45, 2.75) is 39.0 Å². The van der Waals surface area contributed by atoms with E-state index in [0.29, 0.717) is 9.47 Å². The summed E-state index contributed by atoms with van der Waals surface area (Å²) < 4.78 is 0.640. The molecule has 0 radical (unpaired) electrons. The van der Waals surface area contributed by atoms with Gasteiger partial charge in [0.2, 0.25) is 16.9 Å². The topological polar surface area (TPSA) is 84.0 Å². The first kappa shape index (κ1) is 19.4. The van der Waals surface area contributed by atoms with Gasteiger partial charge in [-0.1, -0.05) is 62.1 Å². The molecular weight excluding hydrogens is 356 g/mol. The number of para-hydroxylation sites is 1. The van der Waals surface area contributed by atoms with Gasteiger partial charge in [0.1, 0.15) is 0 Å². The van der Waals surface area contributed by atoms with Crippen LogP contribution in [0, 0.1) is 19.3 Å². The minimum absolute atomic E-state index is 0.0992. The van der Waals surface area contributed by atoms with Crippen LogP contribution in [0.2, 0.25) is 0 Å². The Balaban J connectivity index is 1.89. The van der Waals surface area contributed by atoms with Crippen molar-refractivity contribution in [1.29, 1.82) is 0 Å². The largest absolute Gasteiger partial charge is 0.325 e. The lowest BCUT2D eigenvalue weighted by Crippen LogP contribution is -2.27. The predicted molar refractivity (Wildman–Crippen MR) is 103 cm³/mol. The second kappa shape index (κ2) is 7.97. The fraction of sp³-hybridized carbons (Fsp3) is 0.412. The van der Waals surface area contributed by atoms with Crippen LogP contribution in [0.15, 0.2) is 22.5 Å². The Morgan fingerprint density at radius 2 is 1.76 bits per heavy atom. The van der Waals surface area contributed by atoms with Crippen molar-refractivity contribution < 1.29 is 9.59 Å². The van der Waals surface area contributed by atoms with Crippen LogP contribution >= 0.6 is 23.1 Å². The van der Waals surface area contributed by atoms with Crippen molar-refractivity contribution in [2.75, 3.05) is 16.4 Å². The molecule has 0 aliphatic carbocycles. The van der Waals surface area contributed by atoms with Crippen LogP contribution in [-0.4, -0.2) is 27.8 Å². The number of aryl methyl sites for hydroxylation is 2. The Bertz CT molecular complexity index is 761. The molecule has 1 heterocycles. The molecule has 8 heteroatoms. The predicted octanol–water partition coefficient (Wildman–Crippen LogP) is 3.87. The maximum atomic E-state index is 12.2. The summed E-state index contributed by atoms with van der Waals surface area (Å²) in [7, 11) is 0. The number of carbonyl (C=O) groups excluding carboxylic acids is 2. The third kappa shape index (κ3) is 5.54. The second-order valence-corrected chi connectivity index (χ2v) is 8.88. The number of thioether (sulfide) groups is 1. The minimum atomic E-state index is -0.496. The lowest BCUT2D eigenvalue weighted by Gasteiger charge is -2.15. The van der Waals surface area contributed by atoms with Gasteiger partial charge in [-0.25, -0.2) is 0 Å². The van der Waals surface area contributed by atoms with E-state index in [1.165, 1.54) is 23.1 Å². The van der Waals surface area contributed by atoms with Gasteiger partial charge in [-0.3, -0.25) is 9.59 Å². The molecule has 2 rings (SSSR count). The molecule has 0 spiro atoms. The summed E-state index contributed by atoms with van der Waals surface area (Å²) in [4.78, 5) is 24.1. The van der Waals surface area contributed by atoms with Crippen molar-refractivity contribution >= 4 is 45.7 Å². The average Bonchev–Trinajstić information content (AvgIpc) is 2.96. The lowest BCUT2D eigenvalue weighted by atomic mass is 9.96. The van der Waals surface area contributed by atoms with Crippen LogP contribution in [0.5, 0.6) is 0 Å². The highest BCUT2D eigenvalue weighted by Crippen LogP contribution is 2.27. The van der Waals surface area contributed by atoms with E-state index in [1.54, 1.807) is 0 Å². The third-order valence-electron chi connectivity index (χ3n) is 3.38. The highest BCUT2D eigenvalue weighted by Gasteiger charge is 2.22. The standard InChI is InChI=1S/C17H22N4O2S2/c1-10-7-6-8-11(2)13(10)18-12(22)9-24-16-21-20-15(25-16)19-14(23)17(3,4)5/h6-8H,9H2,1-5H3,(H,18,22)(H,19,20,23). The maximum absolute atomic E-state index is 12.2. The molecule has 0 aliphatic heterocycles.